The first kappa shape index (κ1) is 24.3. The average Bonchev–Trinajstić information content (AvgIpc) is 3.32. The van der Waals surface area contributed by atoms with E-state index in [0.29, 0.717) is 11.3 Å². The highest BCUT2D eigenvalue weighted by Gasteiger charge is 2.15. The van der Waals surface area contributed by atoms with Crippen LogP contribution in [0, 0.1) is 0 Å². The Bertz CT molecular complexity index is 1870. The monoisotopic (exact) mass is 512 g/mol. The molecule has 6 rings (SSSR count). The molecule has 0 aliphatic rings. The first-order valence-corrected chi connectivity index (χ1v) is 13.4. The molecule has 0 fully saturated rings. The summed E-state index contributed by atoms with van der Waals surface area (Å²) in [6, 6.07) is 28.5. The van der Waals surface area contributed by atoms with Crippen LogP contribution < -0.4 is 5.46 Å². The minimum atomic E-state index is -1.48. The Morgan fingerprint density at radius 3 is 2.21 bits per heavy atom. The van der Waals surface area contributed by atoms with E-state index in [4.69, 9.17) is 9.97 Å². The molecule has 0 radical (unpaired) electrons. The van der Waals surface area contributed by atoms with Gasteiger partial charge in [-0.2, -0.15) is 0 Å². The molecule has 0 saturated heterocycles. The van der Waals surface area contributed by atoms with Crippen LogP contribution in [0.5, 0.6) is 0 Å². The maximum atomic E-state index is 9.57. The zero-order chi connectivity index (χ0) is 26.2. The molecule has 0 atom stereocenters. The van der Waals surface area contributed by atoms with Crippen molar-refractivity contribution in [2.45, 2.75) is 13.8 Å². The lowest BCUT2D eigenvalue weighted by molar-refractivity contribution is 0.426. The third kappa shape index (κ3) is 4.33. The summed E-state index contributed by atoms with van der Waals surface area (Å²) in [5, 5.41) is 22.4. The van der Waals surface area contributed by atoms with Crippen molar-refractivity contribution in [3.05, 3.63) is 109 Å². The minimum Gasteiger partial charge on any atom is -0.423 e. The van der Waals surface area contributed by atoms with E-state index in [-0.39, 0.29) is 0 Å². The topological polar surface area (TPSA) is 66.2 Å². The van der Waals surface area contributed by atoms with E-state index < -0.39 is 7.12 Å². The van der Waals surface area contributed by atoms with Crippen LogP contribution in [-0.4, -0.2) is 27.1 Å². The molecule has 0 spiro atoms. The molecule has 0 unspecified atom stereocenters. The van der Waals surface area contributed by atoms with Crippen LogP contribution in [0.25, 0.3) is 59.3 Å². The Morgan fingerprint density at radius 1 is 0.763 bits per heavy atom. The number of para-hydroxylation sites is 1. The quantitative estimate of drug-likeness (QED) is 0.193. The maximum absolute atomic E-state index is 9.57. The molecule has 0 saturated carbocycles. The van der Waals surface area contributed by atoms with Gasteiger partial charge in [0.1, 0.15) is 0 Å². The summed E-state index contributed by atoms with van der Waals surface area (Å²) >= 11 is 1.63. The molecule has 2 aromatic heterocycles. The predicted molar refractivity (Wildman–Crippen MR) is 162 cm³/mol. The number of benzene rings is 4. The van der Waals surface area contributed by atoms with Gasteiger partial charge in [0.15, 0.2) is 5.82 Å². The summed E-state index contributed by atoms with van der Waals surface area (Å²) in [5.41, 5.74) is 6.64. The van der Waals surface area contributed by atoms with Crippen LogP contribution in [0.15, 0.2) is 103 Å². The highest BCUT2D eigenvalue weighted by Crippen LogP contribution is 2.36. The fourth-order valence-electron chi connectivity index (χ4n) is 4.88. The van der Waals surface area contributed by atoms with E-state index >= 15 is 0 Å². The fourth-order valence-corrected chi connectivity index (χ4v) is 6.07. The molecule has 38 heavy (non-hydrogen) atoms. The number of rotatable bonds is 5. The third-order valence-electron chi connectivity index (χ3n) is 6.81. The smallest absolute Gasteiger partial charge is 0.423 e. The zero-order valence-corrected chi connectivity index (χ0v) is 21.9. The molecule has 0 bridgehead atoms. The van der Waals surface area contributed by atoms with Crippen molar-refractivity contribution in [2.75, 3.05) is 0 Å². The second kappa shape index (κ2) is 9.99. The molecule has 6 aromatic rings. The summed E-state index contributed by atoms with van der Waals surface area (Å²) < 4.78 is 2.12. The Labute approximate surface area is 225 Å². The zero-order valence-electron chi connectivity index (χ0n) is 21.1. The number of aromatic nitrogens is 2. The Balaban J connectivity index is 1.47. The van der Waals surface area contributed by atoms with E-state index in [2.05, 4.69) is 73.7 Å². The average molecular weight is 512 g/mol. The predicted octanol–water partition coefficient (Wildman–Crippen LogP) is 6.99. The summed E-state index contributed by atoms with van der Waals surface area (Å²) in [6.45, 7) is 4.08. The van der Waals surface area contributed by atoms with Crippen molar-refractivity contribution in [2.24, 2.45) is 0 Å². The molecule has 0 aliphatic heterocycles. The summed E-state index contributed by atoms with van der Waals surface area (Å²) in [4.78, 5) is 9.99. The lowest BCUT2D eigenvalue weighted by Crippen LogP contribution is -2.29. The fraction of sp³-hybridized carbons (Fsp3) is 0.0625. The third-order valence-corrected chi connectivity index (χ3v) is 7.92. The molecule has 184 valence electrons. The van der Waals surface area contributed by atoms with Gasteiger partial charge >= 0.3 is 7.12 Å². The lowest BCUT2D eigenvalue weighted by Gasteiger charge is -2.10. The second-order valence-electron chi connectivity index (χ2n) is 9.18. The number of hydrogen-bond donors (Lipinski definition) is 2. The molecule has 4 aromatic carbocycles. The van der Waals surface area contributed by atoms with Crippen LogP contribution in [0.3, 0.4) is 0 Å². The van der Waals surface area contributed by atoms with Crippen LogP contribution in [0.2, 0.25) is 0 Å². The Hall–Kier alpha value is -4.10. The van der Waals surface area contributed by atoms with Crippen molar-refractivity contribution < 1.29 is 10.0 Å². The van der Waals surface area contributed by atoms with E-state index in [1.54, 1.807) is 17.4 Å². The van der Waals surface area contributed by atoms with Crippen molar-refractivity contribution in [3.8, 4) is 22.6 Å². The Kier molecular flexibility index (Phi) is 6.38. The summed E-state index contributed by atoms with van der Waals surface area (Å²) in [6.07, 6.45) is 6.28. The van der Waals surface area contributed by atoms with Crippen molar-refractivity contribution in [1.82, 2.24) is 9.97 Å². The Morgan fingerprint density at radius 2 is 1.47 bits per heavy atom. The van der Waals surface area contributed by atoms with Gasteiger partial charge in [-0.1, -0.05) is 85.0 Å². The van der Waals surface area contributed by atoms with Crippen LogP contribution in [0.1, 0.15) is 19.4 Å². The second-order valence-corrected chi connectivity index (χ2v) is 10.3. The van der Waals surface area contributed by atoms with Gasteiger partial charge in [-0.3, -0.25) is 0 Å². The van der Waals surface area contributed by atoms with E-state index in [0.717, 1.165) is 47.9 Å². The largest absolute Gasteiger partial charge is 0.488 e. The van der Waals surface area contributed by atoms with Gasteiger partial charge in [0, 0.05) is 36.7 Å². The van der Waals surface area contributed by atoms with E-state index in [9.17, 15) is 10.0 Å². The molecular formula is C32H25BN2O2S. The van der Waals surface area contributed by atoms with Crippen molar-refractivity contribution in [3.63, 3.8) is 0 Å². The highest BCUT2D eigenvalue weighted by molar-refractivity contribution is 7.25. The normalized spacial score (nSPS) is 12.3. The molecule has 2 heterocycles. The van der Waals surface area contributed by atoms with Gasteiger partial charge in [-0.15, -0.1) is 11.3 Å². The van der Waals surface area contributed by atoms with Crippen LogP contribution in [-0.2, 0) is 0 Å². The van der Waals surface area contributed by atoms with Gasteiger partial charge in [0.2, 0.25) is 0 Å². The van der Waals surface area contributed by atoms with Crippen LogP contribution >= 0.6 is 11.3 Å². The molecule has 0 aliphatic carbocycles. The summed E-state index contributed by atoms with van der Waals surface area (Å²) in [5.74, 6) is 0.677. The van der Waals surface area contributed by atoms with E-state index in [1.807, 2.05) is 37.3 Å². The molecule has 4 nitrogen and oxygen atoms in total. The standard InChI is InChI=1S/C32H25BN2O2S/c1-3-7-20(4-2)21-10-12-22(13-11-21)31-27-8-5-6-9-28(27)34-32(35-31)23-14-16-25-26-17-15-24(33(36)37)19-30(26)38-29(25)18-23/h3-19,36-37H,1-2H3/b7-3-,20-4+. The minimum absolute atomic E-state index is 0.491. The van der Waals surface area contributed by atoms with Crippen LogP contribution in [0.4, 0.5) is 0 Å². The van der Waals surface area contributed by atoms with Gasteiger partial charge in [-0.25, -0.2) is 9.97 Å². The number of hydrogen-bond acceptors (Lipinski definition) is 5. The molecule has 2 N–H and O–H groups in total. The number of fused-ring (bicyclic) bond motifs is 4. The lowest BCUT2D eigenvalue weighted by atomic mass is 9.80. The molecular weight excluding hydrogens is 487 g/mol. The summed E-state index contributed by atoms with van der Waals surface area (Å²) in [7, 11) is -1.48. The molecule has 0 amide bonds. The highest BCUT2D eigenvalue weighted by atomic mass is 32.1. The van der Waals surface area contributed by atoms with E-state index in [1.165, 1.54) is 11.1 Å². The van der Waals surface area contributed by atoms with Gasteiger partial charge < -0.3 is 10.0 Å². The number of thiophene rings is 1. The van der Waals surface area contributed by atoms with Crippen molar-refractivity contribution >= 4 is 60.6 Å². The SMILES string of the molecule is C/C=C\C(=C/C)c1ccc(-c2nc(-c3ccc4c(c3)sc3cc(B(O)O)ccc34)nc3ccccc23)cc1. The van der Waals surface area contributed by atoms with Gasteiger partial charge in [0.05, 0.1) is 11.2 Å². The number of allylic oxidation sites excluding steroid dienone is 4. The first-order valence-electron chi connectivity index (χ1n) is 12.5. The first-order chi connectivity index (χ1) is 18.6. The van der Waals surface area contributed by atoms with Gasteiger partial charge in [0.25, 0.3) is 0 Å². The maximum Gasteiger partial charge on any atom is 0.488 e. The molecule has 6 heteroatoms. The van der Waals surface area contributed by atoms with Gasteiger partial charge in [-0.05, 0) is 48.6 Å². The number of nitrogens with zero attached hydrogens (tertiary/aromatic N) is 2. The van der Waals surface area contributed by atoms with Crippen molar-refractivity contribution in [1.29, 1.82) is 0 Å².